The average Bonchev–Trinajstić information content (AvgIpc) is 3.43. The van der Waals surface area contributed by atoms with Gasteiger partial charge < -0.3 is 4.57 Å². The zero-order chi connectivity index (χ0) is 24.3. The molecule has 0 saturated carbocycles. The van der Waals surface area contributed by atoms with Crippen LogP contribution in [0.1, 0.15) is 18.3 Å². The van der Waals surface area contributed by atoms with Gasteiger partial charge >= 0.3 is 12.4 Å². The number of halogens is 6. The van der Waals surface area contributed by atoms with Crippen molar-refractivity contribution in [2.45, 2.75) is 24.2 Å². The molecule has 0 atom stereocenters. The van der Waals surface area contributed by atoms with E-state index >= 15 is 0 Å². The Balaban J connectivity index is 1.92. The molecule has 4 heterocycles. The Labute approximate surface area is 186 Å². The maximum absolute atomic E-state index is 13.0. The quantitative estimate of drug-likeness (QED) is 0.372. The topological polar surface area (TPSA) is 82.7 Å². The first-order chi connectivity index (χ1) is 15.2. The van der Waals surface area contributed by atoms with Crippen molar-refractivity contribution in [2.75, 3.05) is 5.75 Å². The second-order valence-electron chi connectivity index (χ2n) is 6.88. The van der Waals surface area contributed by atoms with Gasteiger partial charge in [0.2, 0.25) is 0 Å². The number of aromatic nitrogens is 5. The van der Waals surface area contributed by atoms with E-state index in [1.165, 1.54) is 24.6 Å². The van der Waals surface area contributed by atoms with Crippen molar-refractivity contribution in [3.05, 3.63) is 42.0 Å². The number of hydrogen-bond donors (Lipinski definition) is 0. The Morgan fingerprint density at radius 3 is 2.30 bits per heavy atom. The summed E-state index contributed by atoms with van der Waals surface area (Å²) >= 11 is 0.799. The zero-order valence-electron chi connectivity index (χ0n) is 16.7. The highest BCUT2D eigenvalue weighted by atomic mass is 32.2. The van der Waals surface area contributed by atoms with Crippen LogP contribution in [0.25, 0.3) is 26.7 Å². The largest absolute Gasteiger partial charge is 0.435 e. The SMILES string of the molecule is CCS(=O)(=O)c1cc(-n2ccc(C(F)(F)F)n2)sc1-c1nc2cc(C(F)(F)F)ncc2n1C. The maximum atomic E-state index is 13.0. The van der Waals surface area contributed by atoms with E-state index in [-0.39, 0.29) is 37.4 Å². The summed E-state index contributed by atoms with van der Waals surface area (Å²) in [6, 6.07) is 2.65. The van der Waals surface area contributed by atoms with E-state index in [1.807, 2.05) is 0 Å². The van der Waals surface area contributed by atoms with Gasteiger partial charge in [0, 0.05) is 13.2 Å². The predicted octanol–water partition coefficient (Wildman–Crippen LogP) is 4.71. The van der Waals surface area contributed by atoms with Crippen LogP contribution in [-0.4, -0.2) is 38.5 Å². The highest BCUT2D eigenvalue weighted by Gasteiger charge is 2.35. The molecule has 0 saturated heterocycles. The van der Waals surface area contributed by atoms with Gasteiger partial charge in [-0.3, -0.25) is 0 Å². The van der Waals surface area contributed by atoms with Gasteiger partial charge in [-0.2, -0.15) is 31.4 Å². The molecule has 15 heteroatoms. The number of pyridine rings is 1. The summed E-state index contributed by atoms with van der Waals surface area (Å²) < 4.78 is 106. The lowest BCUT2D eigenvalue weighted by molar-refractivity contribution is -0.142. The lowest BCUT2D eigenvalue weighted by atomic mass is 10.3. The van der Waals surface area contributed by atoms with E-state index in [0.29, 0.717) is 0 Å². The summed E-state index contributed by atoms with van der Waals surface area (Å²) in [7, 11) is -2.40. The first-order valence-corrected chi connectivity index (χ1v) is 11.6. The number of fused-ring (bicyclic) bond motifs is 1. The number of sulfone groups is 1. The Hall–Kier alpha value is -2.94. The van der Waals surface area contributed by atoms with Crippen molar-refractivity contribution in [3.8, 4) is 15.7 Å². The zero-order valence-corrected chi connectivity index (χ0v) is 18.4. The molecule has 0 fully saturated rings. The number of thiophene rings is 1. The second kappa shape index (κ2) is 7.55. The van der Waals surface area contributed by atoms with Gasteiger partial charge in [-0.05, 0) is 18.2 Å². The van der Waals surface area contributed by atoms with Gasteiger partial charge in [0.1, 0.15) is 10.7 Å². The van der Waals surface area contributed by atoms with Crippen molar-refractivity contribution in [1.29, 1.82) is 0 Å². The third-order valence-corrected chi connectivity index (χ3v) is 7.77. The van der Waals surface area contributed by atoms with E-state index in [0.717, 1.165) is 40.5 Å². The predicted molar refractivity (Wildman–Crippen MR) is 107 cm³/mol. The van der Waals surface area contributed by atoms with Crippen LogP contribution in [0.5, 0.6) is 0 Å². The Morgan fingerprint density at radius 2 is 1.73 bits per heavy atom. The number of rotatable bonds is 4. The lowest BCUT2D eigenvalue weighted by Gasteiger charge is -2.05. The smallest absolute Gasteiger partial charge is 0.325 e. The Kier molecular flexibility index (Phi) is 5.31. The van der Waals surface area contributed by atoms with Crippen LogP contribution in [0, 0.1) is 0 Å². The van der Waals surface area contributed by atoms with E-state index in [4.69, 9.17) is 0 Å². The van der Waals surface area contributed by atoms with E-state index in [2.05, 4.69) is 15.1 Å². The van der Waals surface area contributed by atoms with Gasteiger partial charge in [-0.25, -0.2) is 23.1 Å². The minimum atomic E-state index is -4.70. The molecule has 0 spiro atoms. The fourth-order valence-electron chi connectivity index (χ4n) is 3.06. The molecule has 0 radical (unpaired) electrons. The highest BCUT2D eigenvalue weighted by molar-refractivity contribution is 7.91. The molecule has 0 aliphatic heterocycles. The molecule has 4 rings (SSSR count). The van der Waals surface area contributed by atoms with Crippen LogP contribution >= 0.6 is 11.3 Å². The minimum Gasteiger partial charge on any atom is -0.325 e. The van der Waals surface area contributed by atoms with Crippen molar-refractivity contribution < 1.29 is 34.8 Å². The molecule has 4 aromatic rings. The minimum absolute atomic E-state index is 0.0256. The first kappa shape index (κ1) is 23.2. The molecule has 0 aliphatic rings. The molecule has 33 heavy (non-hydrogen) atoms. The van der Waals surface area contributed by atoms with Crippen LogP contribution in [0.3, 0.4) is 0 Å². The normalized spacial score (nSPS) is 13.2. The highest BCUT2D eigenvalue weighted by Crippen LogP contribution is 2.39. The number of alkyl halides is 6. The fraction of sp³-hybridized carbons (Fsp3) is 0.278. The van der Waals surface area contributed by atoms with Crippen LogP contribution in [0.15, 0.2) is 35.5 Å². The third-order valence-electron chi connectivity index (χ3n) is 4.77. The van der Waals surface area contributed by atoms with Crippen LogP contribution in [-0.2, 0) is 29.2 Å². The summed E-state index contributed by atoms with van der Waals surface area (Å²) in [5.41, 5.74) is -2.18. The number of aryl methyl sites for hydroxylation is 1. The van der Waals surface area contributed by atoms with Crippen LogP contribution in [0.4, 0.5) is 26.3 Å². The standard InChI is InChI=1S/C18H13F6N5O2S2/c1-3-33(30,31)11-7-14(29-5-4-12(27-29)17(19,20)21)32-15(11)16-26-9-6-13(18(22,23)24)25-8-10(9)28(16)2/h4-8H,3H2,1-2H3. The van der Waals surface area contributed by atoms with Crippen LogP contribution < -0.4 is 0 Å². The number of imidazole rings is 1. The lowest BCUT2D eigenvalue weighted by Crippen LogP contribution is -2.07. The van der Waals surface area contributed by atoms with Crippen LogP contribution in [0.2, 0.25) is 0 Å². The molecular formula is C18H13F6N5O2S2. The van der Waals surface area contributed by atoms with Gasteiger partial charge in [-0.1, -0.05) is 6.92 Å². The molecule has 0 aliphatic carbocycles. The van der Waals surface area contributed by atoms with Crippen molar-refractivity contribution in [3.63, 3.8) is 0 Å². The monoisotopic (exact) mass is 509 g/mol. The second-order valence-corrected chi connectivity index (χ2v) is 10.2. The number of hydrogen-bond acceptors (Lipinski definition) is 6. The maximum Gasteiger partial charge on any atom is 0.435 e. The molecule has 0 aromatic carbocycles. The van der Waals surface area contributed by atoms with E-state index in [9.17, 15) is 34.8 Å². The van der Waals surface area contributed by atoms with Crippen molar-refractivity contribution in [1.82, 2.24) is 24.3 Å². The Morgan fingerprint density at radius 1 is 1.06 bits per heavy atom. The molecule has 0 N–H and O–H groups in total. The van der Waals surface area contributed by atoms with Gasteiger partial charge in [-0.15, -0.1) is 11.3 Å². The van der Waals surface area contributed by atoms with Gasteiger partial charge in [0.05, 0.1) is 32.8 Å². The molecule has 7 nitrogen and oxygen atoms in total. The molecule has 176 valence electrons. The fourth-order valence-corrected chi connectivity index (χ4v) is 5.63. The van der Waals surface area contributed by atoms with E-state index in [1.54, 1.807) is 0 Å². The first-order valence-electron chi connectivity index (χ1n) is 9.12. The van der Waals surface area contributed by atoms with Gasteiger partial charge in [0.25, 0.3) is 0 Å². The van der Waals surface area contributed by atoms with E-state index < -0.39 is 33.6 Å². The molecule has 4 aromatic heterocycles. The molecule has 0 amide bonds. The van der Waals surface area contributed by atoms with Gasteiger partial charge in [0.15, 0.2) is 21.4 Å². The number of nitrogens with zero attached hydrogens (tertiary/aromatic N) is 5. The summed E-state index contributed by atoms with van der Waals surface area (Å²) in [5, 5.41) is 3.52. The Bertz CT molecular complexity index is 1460. The molecule has 0 unspecified atom stereocenters. The summed E-state index contributed by atoms with van der Waals surface area (Å²) in [6.45, 7) is 1.39. The van der Waals surface area contributed by atoms with Crippen molar-refractivity contribution >= 4 is 32.2 Å². The summed E-state index contributed by atoms with van der Waals surface area (Å²) in [6.07, 6.45) is -7.38. The molecular weight excluding hydrogens is 496 g/mol. The molecule has 0 bridgehead atoms. The average molecular weight is 509 g/mol. The van der Waals surface area contributed by atoms with Crippen molar-refractivity contribution in [2.24, 2.45) is 7.05 Å². The summed E-state index contributed by atoms with van der Waals surface area (Å²) in [4.78, 5) is 7.41. The third kappa shape index (κ3) is 4.10. The summed E-state index contributed by atoms with van der Waals surface area (Å²) in [5.74, 6) is -0.287.